The van der Waals surface area contributed by atoms with E-state index in [0.29, 0.717) is 11.4 Å². The number of nitrogens with zero attached hydrogens (tertiary/aromatic N) is 4. The normalized spacial score (nSPS) is 13.6. The highest BCUT2D eigenvalue weighted by Crippen LogP contribution is 2.33. The Labute approximate surface area is 194 Å². The van der Waals surface area contributed by atoms with Crippen LogP contribution in [0.4, 0.5) is 11.4 Å². The molecular weight excluding hydrogens is 434 g/mol. The average Bonchev–Trinajstić information content (AvgIpc) is 3.22. The van der Waals surface area contributed by atoms with E-state index in [2.05, 4.69) is 36.3 Å². The van der Waals surface area contributed by atoms with Crippen molar-refractivity contribution in [1.82, 2.24) is 9.66 Å². The predicted octanol–water partition coefficient (Wildman–Crippen LogP) is 4.67. The number of aryl methyl sites for hydroxylation is 2. The van der Waals surface area contributed by atoms with E-state index in [1.165, 1.54) is 11.3 Å². The number of aromatic nitrogens is 2. The van der Waals surface area contributed by atoms with Gasteiger partial charge < -0.3 is 10.1 Å². The number of hydrogen-bond donors (Lipinski definition) is 1. The molecule has 5 rings (SSSR count). The molecule has 1 aliphatic rings. The van der Waals surface area contributed by atoms with Gasteiger partial charge in [-0.3, -0.25) is 9.78 Å². The molecule has 0 radical (unpaired) electrons. The zero-order chi connectivity index (χ0) is 22.8. The highest BCUT2D eigenvalue weighted by molar-refractivity contribution is 7.07. The predicted molar refractivity (Wildman–Crippen MR) is 130 cm³/mol. The molecular formula is C25H21N5O2S. The van der Waals surface area contributed by atoms with Crippen LogP contribution in [0.25, 0.3) is 11.3 Å². The van der Waals surface area contributed by atoms with E-state index in [1.54, 1.807) is 18.6 Å². The molecule has 2 aromatic carbocycles. The Bertz CT molecular complexity index is 1420. The van der Waals surface area contributed by atoms with Crippen LogP contribution in [0.2, 0.25) is 0 Å². The number of fused-ring (bicyclic) bond motifs is 1. The first-order valence-corrected chi connectivity index (χ1v) is 11.3. The van der Waals surface area contributed by atoms with Crippen molar-refractivity contribution in [3.05, 3.63) is 87.8 Å². The Kier molecular flexibility index (Phi) is 5.58. The lowest BCUT2D eigenvalue weighted by atomic mass is 10.1. The van der Waals surface area contributed by atoms with Crippen molar-refractivity contribution >= 4 is 34.8 Å². The monoisotopic (exact) mass is 455 g/mol. The van der Waals surface area contributed by atoms with Gasteiger partial charge in [0.25, 0.3) is 5.91 Å². The number of nitrogens with one attached hydrogen (secondary N) is 1. The first-order valence-electron chi connectivity index (χ1n) is 10.4. The average molecular weight is 456 g/mol. The number of carbonyl (C=O) groups excluding carboxylic acids is 1. The van der Waals surface area contributed by atoms with Crippen molar-refractivity contribution in [3.63, 3.8) is 0 Å². The fraction of sp³-hybridized carbons (Fsp3) is 0.120. The highest BCUT2D eigenvalue weighted by atomic mass is 32.1. The molecule has 3 heterocycles. The van der Waals surface area contributed by atoms with Crippen molar-refractivity contribution in [2.24, 2.45) is 10.1 Å². The van der Waals surface area contributed by atoms with Gasteiger partial charge in [0.1, 0.15) is 5.75 Å². The van der Waals surface area contributed by atoms with Crippen LogP contribution in [0, 0.1) is 13.8 Å². The number of pyridine rings is 1. The van der Waals surface area contributed by atoms with Gasteiger partial charge in [0.2, 0.25) is 4.80 Å². The Morgan fingerprint density at radius 2 is 1.91 bits per heavy atom. The third-order valence-electron chi connectivity index (χ3n) is 5.27. The molecule has 1 amide bonds. The van der Waals surface area contributed by atoms with Gasteiger partial charge in [-0.1, -0.05) is 18.2 Å². The molecule has 1 N–H and O–H groups in total. The molecule has 0 unspecified atom stereocenters. The van der Waals surface area contributed by atoms with Gasteiger partial charge in [0.05, 0.1) is 23.3 Å². The summed E-state index contributed by atoms with van der Waals surface area (Å²) in [4.78, 5) is 21.6. The second-order valence-corrected chi connectivity index (χ2v) is 8.48. The number of hydrogen-bond acceptors (Lipinski definition) is 6. The fourth-order valence-electron chi connectivity index (χ4n) is 3.58. The summed E-state index contributed by atoms with van der Waals surface area (Å²) in [6.07, 6.45) is 5.24. The zero-order valence-electron chi connectivity index (χ0n) is 18.1. The standard InChI is InChI=1S/C25H21N5O2S/c1-16-4-3-5-17(2)24(16)29-25-30(27-13-18-8-10-26-11-9-18)21(15-33-25)19-6-7-22-20(12-19)28-23(31)14-32-22/h3-13,15H,14H2,1-2H3,(H,28,31). The number of thiazole rings is 1. The minimum absolute atomic E-state index is 0.0276. The summed E-state index contributed by atoms with van der Waals surface area (Å²) in [6, 6.07) is 15.6. The minimum atomic E-state index is -0.167. The molecule has 4 aromatic rings. The minimum Gasteiger partial charge on any atom is -0.482 e. The fourth-order valence-corrected chi connectivity index (χ4v) is 4.42. The number of rotatable bonds is 4. The molecule has 2 aromatic heterocycles. The summed E-state index contributed by atoms with van der Waals surface area (Å²) in [5, 5.41) is 9.64. The van der Waals surface area contributed by atoms with Crippen LogP contribution < -0.4 is 14.9 Å². The molecule has 0 saturated heterocycles. The maximum atomic E-state index is 11.8. The molecule has 0 saturated carbocycles. The molecule has 0 spiro atoms. The van der Waals surface area contributed by atoms with Crippen molar-refractivity contribution in [2.45, 2.75) is 13.8 Å². The van der Waals surface area contributed by atoms with Gasteiger partial charge in [0, 0.05) is 23.3 Å². The summed E-state index contributed by atoms with van der Waals surface area (Å²) >= 11 is 1.51. The lowest BCUT2D eigenvalue weighted by molar-refractivity contribution is -0.118. The highest BCUT2D eigenvalue weighted by Gasteiger charge is 2.18. The van der Waals surface area contributed by atoms with Crippen molar-refractivity contribution in [3.8, 4) is 17.0 Å². The lowest BCUT2D eigenvalue weighted by Crippen LogP contribution is -2.25. The van der Waals surface area contributed by atoms with Gasteiger partial charge >= 0.3 is 0 Å². The van der Waals surface area contributed by atoms with Crippen molar-refractivity contribution in [2.75, 3.05) is 11.9 Å². The number of ether oxygens (including phenoxy) is 1. The number of carbonyl (C=O) groups is 1. The molecule has 0 aliphatic carbocycles. The first kappa shape index (κ1) is 20.8. The molecule has 33 heavy (non-hydrogen) atoms. The van der Waals surface area contributed by atoms with Crippen LogP contribution in [-0.4, -0.2) is 28.4 Å². The van der Waals surface area contributed by atoms with Gasteiger partial charge in [-0.15, -0.1) is 11.3 Å². The second kappa shape index (κ2) is 8.84. The molecule has 0 atom stereocenters. The van der Waals surface area contributed by atoms with E-state index in [9.17, 15) is 4.79 Å². The molecule has 7 nitrogen and oxygen atoms in total. The maximum Gasteiger partial charge on any atom is 0.262 e. The Balaban J connectivity index is 1.66. The van der Waals surface area contributed by atoms with Crippen LogP contribution >= 0.6 is 11.3 Å². The summed E-state index contributed by atoms with van der Waals surface area (Å²) in [7, 11) is 0. The summed E-state index contributed by atoms with van der Waals surface area (Å²) < 4.78 is 7.33. The summed E-state index contributed by atoms with van der Waals surface area (Å²) in [5.74, 6) is 0.486. The second-order valence-electron chi connectivity index (χ2n) is 7.64. The molecule has 1 aliphatic heterocycles. The van der Waals surface area contributed by atoms with Crippen LogP contribution in [-0.2, 0) is 4.79 Å². The molecule has 164 valence electrons. The molecule has 8 heteroatoms. The molecule has 0 bridgehead atoms. The maximum absolute atomic E-state index is 11.8. The van der Waals surface area contributed by atoms with Gasteiger partial charge in [0.15, 0.2) is 6.61 Å². The van der Waals surface area contributed by atoms with Crippen molar-refractivity contribution in [1.29, 1.82) is 0 Å². The van der Waals surface area contributed by atoms with Gasteiger partial charge in [-0.2, -0.15) is 5.10 Å². The van der Waals surface area contributed by atoms with Gasteiger partial charge in [-0.05, 0) is 60.9 Å². The van der Waals surface area contributed by atoms with E-state index in [4.69, 9.17) is 14.8 Å². The smallest absolute Gasteiger partial charge is 0.262 e. The number of anilines is 1. The van der Waals surface area contributed by atoms with E-state index < -0.39 is 0 Å². The topological polar surface area (TPSA) is 80.9 Å². The summed E-state index contributed by atoms with van der Waals surface area (Å²) in [6.45, 7) is 4.13. The number of amides is 1. The third-order valence-corrected chi connectivity index (χ3v) is 6.09. The van der Waals surface area contributed by atoms with E-state index >= 15 is 0 Å². The SMILES string of the molecule is Cc1cccc(C)c1N=c1scc(-c2ccc3c(c2)NC(=O)CO3)n1N=Cc1ccncc1. The molecule has 0 fully saturated rings. The quantitative estimate of drug-likeness (QED) is 0.454. The van der Waals surface area contributed by atoms with Crippen molar-refractivity contribution < 1.29 is 9.53 Å². The van der Waals surface area contributed by atoms with Crippen LogP contribution in [0.1, 0.15) is 16.7 Å². The van der Waals surface area contributed by atoms with Crippen LogP contribution in [0.5, 0.6) is 5.75 Å². The lowest BCUT2D eigenvalue weighted by Gasteiger charge is -2.18. The summed E-state index contributed by atoms with van der Waals surface area (Å²) in [5.41, 5.74) is 6.46. The Hall–Kier alpha value is -4.04. The Morgan fingerprint density at radius 3 is 2.70 bits per heavy atom. The first-order chi connectivity index (χ1) is 16.1. The van der Waals surface area contributed by atoms with E-state index in [-0.39, 0.29) is 12.5 Å². The van der Waals surface area contributed by atoms with Gasteiger partial charge in [-0.25, -0.2) is 9.67 Å². The number of benzene rings is 2. The van der Waals surface area contributed by atoms with E-state index in [0.717, 1.165) is 38.4 Å². The van der Waals surface area contributed by atoms with Crippen LogP contribution in [0.15, 0.2) is 76.4 Å². The Morgan fingerprint density at radius 1 is 1.12 bits per heavy atom. The largest absolute Gasteiger partial charge is 0.482 e. The van der Waals surface area contributed by atoms with Crippen LogP contribution in [0.3, 0.4) is 0 Å². The number of para-hydroxylation sites is 1. The third kappa shape index (κ3) is 4.33. The zero-order valence-corrected chi connectivity index (χ0v) is 19.0. The van der Waals surface area contributed by atoms with E-state index in [1.807, 2.05) is 46.5 Å².